The molecule has 8 nitrogen and oxygen atoms in total. The Morgan fingerprint density at radius 1 is 0.970 bits per heavy atom. The summed E-state index contributed by atoms with van der Waals surface area (Å²) in [6.07, 6.45) is 1.63. The van der Waals surface area contributed by atoms with Crippen LogP contribution in [0.2, 0.25) is 0 Å². The normalized spacial score (nSPS) is 14.4. The van der Waals surface area contributed by atoms with Crippen LogP contribution in [0.3, 0.4) is 0 Å². The van der Waals surface area contributed by atoms with Crippen molar-refractivity contribution in [1.29, 1.82) is 0 Å². The highest BCUT2D eigenvalue weighted by molar-refractivity contribution is 5.97. The van der Waals surface area contributed by atoms with Crippen molar-refractivity contribution in [3.05, 3.63) is 84.1 Å². The number of amides is 2. The molecular weight excluding hydrogens is 418 g/mol. The Balaban J connectivity index is 1.12. The Kier molecular flexibility index (Phi) is 6.16. The molecule has 1 fully saturated rings. The van der Waals surface area contributed by atoms with Crippen molar-refractivity contribution in [3.8, 4) is 5.75 Å². The molecule has 0 unspecified atom stereocenters. The number of hydrogen-bond donors (Lipinski definition) is 1. The Morgan fingerprint density at radius 2 is 1.79 bits per heavy atom. The van der Waals surface area contributed by atoms with E-state index in [1.54, 1.807) is 17.2 Å². The summed E-state index contributed by atoms with van der Waals surface area (Å²) in [6.45, 7) is 4.24. The number of nitrogens with one attached hydrogen (secondary N) is 1. The number of rotatable bonds is 6. The third-order valence-corrected chi connectivity index (χ3v) is 5.69. The molecule has 168 valence electrons. The molecular formula is C25H25N5O3. The van der Waals surface area contributed by atoms with E-state index in [2.05, 4.69) is 44.6 Å². The van der Waals surface area contributed by atoms with Crippen LogP contribution in [0.4, 0.5) is 10.6 Å². The first-order valence-electron chi connectivity index (χ1n) is 11.0. The lowest BCUT2D eigenvalue weighted by molar-refractivity contribution is 0.143. The maximum atomic E-state index is 12.7. The number of pyridine rings is 1. The smallest absolute Gasteiger partial charge is 0.323 e. The molecule has 1 aliphatic rings. The lowest BCUT2D eigenvalue weighted by Crippen LogP contribution is -2.49. The van der Waals surface area contributed by atoms with Gasteiger partial charge < -0.3 is 14.2 Å². The second kappa shape index (κ2) is 9.70. The van der Waals surface area contributed by atoms with Crippen LogP contribution >= 0.6 is 0 Å². The maximum Gasteiger partial charge on any atom is 0.323 e. The summed E-state index contributed by atoms with van der Waals surface area (Å²) in [6, 6.07) is 21.8. The van der Waals surface area contributed by atoms with E-state index in [1.807, 2.05) is 36.4 Å². The van der Waals surface area contributed by atoms with Crippen LogP contribution in [0.15, 0.2) is 77.4 Å². The molecule has 33 heavy (non-hydrogen) atoms. The number of hydrogen-bond acceptors (Lipinski definition) is 6. The largest absolute Gasteiger partial charge is 0.489 e. The molecule has 0 radical (unpaired) electrons. The molecule has 0 saturated carbocycles. The van der Waals surface area contributed by atoms with Crippen LogP contribution < -0.4 is 10.1 Å². The van der Waals surface area contributed by atoms with Gasteiger partial charge in [-0.3, -0.25) is 10.2 Å². The summed E-state index contributed by atoms with van der Waals surface area (Å²) in [5.41, 5.74) is 2.75. The summed E-state index contributed by atoms with van der Waals surface area (Å²) in [4.78, 5) is 20.9. The van der Waals surface area contributed by atoms with Crippen LogP contribution in [0, 0.1) is 0 Å². The predicted octanol–water partition coefficient (Wildman–Crippen LogP) is 4.15. The van der Waals surface area contributed by atoms with Crippen LogP contribution in [0.1, 0.15) is 11.1 Å². The van der Waals surface area contributed by atoms with Crippen molar-refractivity contribution in [2.75, 3.05) is 31.5 Å². The van der Waals surface area contributed by atoms with Crippen molar-refractivity contribution in [2.24, 2.45) is 0 Å². The van der Waals surface area contributed by atoms with E-state index in [9.17, 15) is 4.79 Å². The first kappa shape index (κ1) is 21.0. The van der Waals surface area contributed by atoms with Gasteiger partial charge in [-0.15, -0.1) is 0 Å². The topological polar surface area (TPSA) is 83.7 Å². The molecule has 1 saturated heterocycles. The molecule has 0 spiro atoms. The molecule has 0 atom stereocenters. The molecule has 3 heterocycles. The SMILES string of the molecule is O=C(Nc1noc2ncccc12)N1CCN(Cc2cccc(OCc3ccccc3)c2)CC1. The molecule has 0 aliphatic carbocycles. The number of carbonyl (C=O) groups excluding carboxylic acids is 1. The second-order valence-corrected chi connectivity index (χ2v) is 8.00. The fourth-order valence-corrected chi connectivity index (χ4v) is 3.89. The Bertz CT molecular complexity index is 1220. The van der Waals surface area contributed by atoms with Gasteiger partial charge in [-0.05, 0) is 35.4 Å². The highest BCUT2D eigenvalue weighted by atomic mass is 16.5. The van der Waals surface area contributed by atoms with Gasteiger partial charge in [0.05, 0.1) is 5.39 Å². The van der Waals surface area contributed by atoms with Crippen molar-refractivity contribution >= 4 is 22.9 Å². The lowest BCUT2D eigenvalue weighted by atomic mass is 10.2. The number of urea groups is 1. The van der Waals surface area contributed by atoms with E-state index in [-0.39, 0.29) is 6.03 Å². The van der Waals surface area contributed by atoms with Gasteiger partial charge in [0.1, 0.15) is 12.4 Å². The number of carbonyl (C=O) groups is 1. The predicted molar refractivity (Wildman–Crippen MR) is 125 cm³/mol. The average molecular weight is 444 g/mol. The van der Waals surface area contributed by atoms with Gasteiger partial charge in [0.15, 0.2) is 5.82 Å². The Morgan fingerprint density at radius 3 is 2.64 bits per heavy atom. The van der Waals surface area contributed by atoms with E-state index >= 15 is 0 Å². The number of aromatic nitrogens is 2. The lowest BCUT2D eigenvalue weighted by Gasteiger charge is -2.34. The maximum absolute atomic E-state index is 12.7. The molecule has 2 amide bonds. The molecule has 0 bridgehead atoms. The molecule has 5 rings (SSSR count). The summed E-state index contributed by atoms with van der Waals surface area (Å²) < 4.78 is 11.1. The van der Waals surface area contributed by atoms with Gasteiger partial charge in [-0.1, -0.05) is 47.6 Å². The highest BCUT2D eigenvalue weighted by Crippen LogP contribution is 2.21. The summed E-state index contributed by atoms with van der Waals surface area (Å²) in [5, 5.41) is 7.46. The van der Waals surface area contributed by atoms with E-state index in [0.29, 0.717) is 36.6 Å². The minimum Gasteiger partial charge on any atom is -0.489 e. The molecule has 1 aliphatic heterocycles. The number of nitrogens with zero attached hydrogens (tertiary/aromatic N) is 4. The van der Waals surface area contributed by atoms with Crippen molar-refractivity contribution in [3.63, 3.8) is 0 Å². The Labute approximate surface area is 191 Å². The van der Waals surface area contributed by atoms with Crippen LogP contribution in [-0.4, -0.2) is 52.2 Å². The standard InChI is InChI=1S/C25H25N5O3/c31-25(27-23-22-10-5-11-26-24(22)33-28-23)30-14-12-29(13-15-30)17-20-8-4-9-21(16-20)32-18-19-6-2-1-3-7-19/h1-11,16H,12-15,17-18H2,(H,27,28,31). The first-order valence-corrected chi connectivity index (χ1v) is 11.0. The summed E-state index contributed by atoms with van der Waals surface area (Å²) >= 11 is 0. The van der Waals surface area contributed by atoms with Crippen molar-refractivity contribution < 1.29 is 14.1 Å². The molecule has 1 N–H and O–H groups in total. The summed E-state index contributed by atoms with van der Waals surface area (Å²) in [5.74, 6) is 1.27. The highest BCUT2D eigenvalue weighted by Gasteiger charge is 2.23. The van der Waals surface area contributed by atoms with Gasteiger partial charge in [0.25, 0.3) is 5.71 Å². The number of anilines is 1. The quantitative estimate of drug-likeness (QED) is 0.482. The Hall–Kier alpha value is -3.91. The second-order valence-electron chi connectivity index (χ2n) is 8.00. The van der Waals surface area contributed by atoms with Crippen LogP contribution in [0.5, 0.6) is 5.75 Å². The zero-order chi connectivity index (χ0) is 22.5. The van der Waals surface area contributed by atoms with Gasteiger partial charge in [-0.2, -0.15) is 0 Å². The first-order chi connectivity index (χ1) is 16.2. The number of ether oxygens (including phenoxy) is 1. The van der Waals surface area contributed by atoms with Gasteiger partial charge in [0.2, 0.25) is 0 Å². The fraction of sp³-hybridized carbons (Fsp3) is 0.240. The fourth-order valence-electron chi connectivity index (χ4n) is 3.89. The van der Waals surface area contributed by atoms with Crippen molar-refractivity contribution in [2.45, 2.75) is 13.2 Å². The number of fused-ring (bicyclic) bond motifs is 1. The monoisotopic (exact) mass is 443 g/mol. The van der Waals surface area contributed by atoms with Gasteiger partial charge >= 0.3 is 6.03 Å². The van der Waals surface area contributed by atoms with Crippen molar-refractivity contribution in [1.82, 2.24) is 19.9 Å². The zero-order valence-electron chi connectivity index (χ0n) is 18.2. The minimum absolute atomic E-state index is 0.176. The molecule has 2 aromatic heterocycles. The van der Waals surface area contributed by atoms with E-state index < -0.39 is 0 Å². The van der Waals surface area contributed by atoms with Gasteiger partial charge in [-0.25, -0.2) is 9.78 Å². The minimum atomic E-state index is -0.176. The average Bonchev–Trinajstić information content (AvgIpc) is 3.27. The van der Waals surface area contributed by atoms with Gasteiger partial charge in [0, 0.05) is 38.9 Å². The molecule has 2 aromatic carbocycles. The third kappa shape index (κ3) is 5.12. The number of benzene rings is 2. The number of piperazine rings is 1. The molecule has 8 heteroatoms. The van der Waals surface area contributed by atoms with E-state index in [1.165, 1.54) is 5.56 Å². The molecule has 4 aromatic rings. The summed E-state index contributed by atoms with van der Waals surface area (Å²) in [7, 11) is 0. The van der Waals surface area contributed by atoms with E-state index in [0.717, 1.165) is 30.9 Å². The van der Waals surface area contributed by atoms with Crippen LogP contribution in [0.25, 0.3) is 11.1 Å². The third-order valence-electron chi connectivity index (χ3n) is 5.69. The van der Waals surface area contributed by atoms with E-state index in [4.69, 9.17) is 9.26 Å². The zero-order valence-corrected chi connectivity index (χ0v) is 18.2. The van der Waals surface area contributed by atoms with Crippen LogP contribution in [-0.2, 0) is 13.2 Å².